The van der Waals surface area contributed by atoms with E-state index in [-0.39, 0.29) is 22.4 Å². The van der Waals surface area contributed by atoms with E-state index < -0.39 is 12.1 Å². The Morgan fingerprint density at radius 2 is 2.24 bits per heavy atom. The van der Waals surface area contributed by atoms with Crippen LogP contribution in [0.1, 0.15) is 31.1 Å². The summed E-state index contributed by atoms with van der Waals surface area (Å²) >= 11 is 0. The quantitative estimate of drug-likeness (QED) is 0.225. The average Bonchev–Trinajstić information content (AvgIpc) is 2.44. The molecule has 1 unspecified atom stereocenters. The molecule has 0 N–H and O–H groups in total. The number of esters is 2. The van der Waals surface area contributed by atoms with Gasteiger partial charge in [-0.25, -0.2) is 0 Å². The molecule has 2 rings (SSSR count). The Labute approximate surface area is 139 Å². The van der Waals surface area contributed by atoms with Crippen LogP contribution in [0.15, 0.2) is 24.3 Å². The number of ether oxygens (including phenoxy) is 2. The molecular formula is C16H14AuO4+. The summed E-state index contributed by atoms with van der Waals surface area (Å²) in [5.41, 5.74) is 1.42. The average molecular weight is 467 g/mol. The molecular weight excluding hydrogens is 453 g/mol. The maximum absolute atomic E-state index is 11.1. The van der Waals surface area contributed by atoms with Crippen molar-refractivity contribution in [2.45, 2.75) is 20.0 Å². The number of hydrogen-bond donors (Lipinski definition) is 0. The fourth-order valence-corrected chi connectivity index (χ4v) is 1.85. The van der Waals surface area contributed by atoms with Gasteiger partial charge in [0.1, 0.15) is 6.61 Å². The molecule has 1 heterocycles. The third-order valence-electron chi connectivity index (χ3n) is 2.68. The SMILES string of the molecule is C#CC(OC(C)=O)c1ccccc1C1=[C-]C[O+]=C(C)O1.[Au+]. The Balaban J connectivity index is 0.00000220. The van der Waals surface area contributed by atoms with Crippen molar-refractivity contribution in [2.24, 2.45) is 0 Å². The van der Waals surface area contributed by atoms with Crippen LogP contribution >= 0.6 is 0 Å². The Kier molecular flexibility index (Phi) is 6.44. The van der Waals surface area contributed by atoms with E-state index in [9.17, 15) is 4.79 Å². The van der Waals surface area contributed by atoms with Gasteiger partial charge in [0.15, 0.2) is 6.10 Å². The van der Waals surface area contributed by atoms with Gasteiger partial charge in [0.25, 0.3) is 0 Å². The molecule has 21 heavy (non-hydrogen) atoms. The molecule has 0 spiro atoms. The Morgan fingerprint density at radius 1 is 1.52 bits per heavy atom. The van der Waals surface area contributed by atoms with E-state index in [1.165, 1.54) is 6.92 Å². The van der Waals surface area contributed by atoms with Crippen LogP contribution in [0.25, 0.3) is 5.76 Å². The summed E-state index contributed by atoms with van der Waals surface area (Å²) in [5.74, 6) is 3.00. The van der Waals surface area contributed by atoms with Gasteiger partial charge in [-0.1, -0.05) is 35.2 Å². The molecule has 4 nitrogen and oxygen atoms in total. The van der Waals surface area contributed by atoms with Crippen molar-refractivity contribution in [2.75, 3.05) is 6.61 Å². The van der Waals surface area contributed by atoms with E-state index in [0.29, 0.717) is 23.9 Å². The van der Waals surface area contributed by atoms with Crippen molar-refractivity contribution < 1.29 is 41.1 Å². The van der Waals surface area contributed by atoms with Crippen molar-refractivity contribution in [3.8, 4) is 12.3 Å². The van der Waals surface area contributed by atoms with Gasteiger partial charge in [0.2, 0.25) is 0 Å². The van der Waals surface area contributed by atoms with Gasteiger partial charge in [-0.15, -0.1) is 18.6 Å². The molecule has 0 aromatic heterocycles. The van der Waals surface area contributed by atoms with Crippen LogP contribution in [0.4, 0.5) is 0 Å². The van der Waals surface area contributed by atoms with Crippen LogP contribution in [0.5, 0.6) is 0 Å². The number of carbonyl (C=O) groups excluding carboxylic acids is 2. The molecule has 5 heteroatoms. The van der Waals surface area contributed by atoms with Crippen molar-refractivity contribution in [1.82, 2.24) is 0 Å². The molecule has 0 saturated heterocycles. The van der Waals surface area contributed by atoms with Gasteiger partial charge in [-0.05, 0) is 0 Å². The van der Waals surface area contributed by atoms with E-state index in [1.807, 2.05) is 18.2 Å². The summed E-state index contributed by atoms with van der Waals surface area (Å²) in [7, 11) is 0. The smallest absolute Gasteiger partial charge is 0.446 e. The van der Waals surface area contributed by atoms with Crippen LogP contribution < -0.4 is 0 Å². The van der Waals surface area contributed by atoms with E-state index >= 15 is 0 Å². The predicted molar refractivity (Wildman–Crippen MR) is 73.1 cm³/mol. The zero-order chi connectivity index (χ0) is 14.5. The minimum atomic E-state index is -0.759. The topological polar surface area (TPSA) is 46.8 Å². The van der Waals surface area contributed by atoms with Crippen LogP contribution in [-0.4, -0.2) is 18.5 Å². The van der Waals surface area contributed by atoms with E-state index in [0.717, 1.165) is 5.56 Å². The van der Waals surface area contributed by atoms with E-state index in [2.05, 4.69) is 12.0 Å². The fourth-order valence-electron chi connectivity index (χ4n) is 1.85. The second-order valence-corrected chi connectivity index (χ2v) is 4.13. The summed E-state index contributed by atoms with van der Waals surface area (Å²) in [6, 6.07) is 7.31. The minimum absolute atomic E-state index is 0. The van der Waals surface area contributed by atoms with Crippen molar-refractivity contribution in [1.29, 1.82) is 0 Å². The molecule has 0 amide bonds. The first-order valence-corrected chi connectivity index (χ1v) is 6.09. The second kappa shape index (κ2) is 7.84. The predicted octanol–water partition coefficient (Wildman–Crippen LogP) is 2.18. The molecule has 0 bridgehead atoms. The summed E-state index contributed by atoms with van der Waals surface area (Å²) in [4.78, 5) is 11.1. The third-order valence-corrected chi connectivity index (χ3v) is 2.68. The first kappa shape index (κ1) is 17.3. The summed E-state index contributed by atoms with van der Waals surface area (Å²) in [5, 5.41) is 0. The Hall–Kier alpha value is -1.80. The van der Waals surface area contributed by atoms with Gasteiger partial charge >= 0.3 is 34.3 Å². The molecule has 1 aromatic rings. The standard InChI is InChI=1S/C16H14O4.Au/c1-4-15(19-11(2)17)13-7-5-6-8-14(13)16-9-10-18-12(3)20-16;/h1,5-8,15H,10H2,2-3H3;/q;+1. The first-order valence-electron chi connectivity index (χ1n) is 6.09. The van der Waals surface area contributed by atoms with Gasteiger partial charge in [0.05, 0.1) is 12.7 Å². The molecule has 0 aliphatic carbocycles. The van der Waals surface area contributed by atoms with Crippen LogP contribution in [-0.2, 0) is 41.1 Å². The number of hydrogen-bond acceptors (Lipinski definition) is 3. The zero-order valence-corrected chi connectivity index (χ0v) is 13.8. The van der Waals surface area contributed by atoms with Crippen LogP contribution in [0.2, 0.25) is 0 Å². The molecule has 1 aliphatic heterocycles. The second-order valence-electron chi connectivity index (χ2n) is 4.13. The van der Waals surface area contributed by atoms with Crippen molar-refractivity contribution in [3.63, 3.8) is 0 Å². The Bertz CT molecular complexity index is 625. The maximum atomic E-state index is 11.1. The number of terminal acetylenes is 1. The molecule has 1 aromatic carbocycles. The molecule has 1 aliphatic rings. The van der Waals surface area contributed by atoms with Crippen molar-refractivity contribution >= 4 is 17.7 Å². The summed E-state index contributed by atoms with van der Waals surface area (Å²) < 4.78 is 15.8. The van der Waals surface area contributed by atoms with Crippen LogP contribution in [0, 0.1) is 18.4 Å². The largest absolute Gasteiger partial charge is 1.00 e. The molecule has 112 valence electrons. The van der Waals surface area contributed by atoms with Crippen LogP contribution in [0.3, 0.4) is 0 Å². The fraction of sp³-hybridized carbons (Fsp3) is 0.250. The number of rotatable bonds is 3. The maximum Gasteiger partial charge on any atom is 1.00 e. The van der Waals surface area contributed by atoms with Gasteiger partial charge < -0.3 is 13.9 Å². The van der Waals surface area contributed by atoms with E-state index in [4.69, 9.17) is 20.3 Å². The summed E-state index contributed by atoms with van der Waals surface area (Å²) in [6.07, 6.45) is 7.67. The number of carbonyl (C=O) groups is 1. The molecule has 1 atom stereocenters. The minimum Gasteiger partial charge on any atom is -0.446 e. The molecule has 0 radical (unpaired) electrons. The van der Waals surface area contributed by atoms with Gasteiger partial charge in [-0.3, -0.25) is 4.79 Å². The van der Waals surface area contributed by atoms with Gasteiger partial charge in [0, 0.05) is 6.92 Å². The Morgan fingerprint density at radius 3 is 2.86 bits per heavy atom. The molecule has 0 fully saturated rings. The summed E-state index contributed by atoms with van der Waals surface area (Å²) in [6.45, 7) is 3.35. The monoisotopic (exact) mass is 467 g/mol. The van der Waals surface area contributed by atoms with Gasteiger partial charge in [-0.2, -0.15) is 0 Å². The number of cyclic esters (lactones) is 1. The number of benzene rings is 1. The first-order chi connectivity index (χ1) is 9.61. The third kappa shape index (κ3) is 4.33. The van der Waals surface area contributed by atoms with Crippen molar-refractivity contribution in [3.05, 3.63) is 41.5 Å². The van der Waals surface area contributed by atoms with E-state index in [1.54, 1.807) is 13.0 Å². The molecule has 0 saturated carbocycles. The zero-order valence-electron chi connectivity index (χ0n) is 11.6. The normalized spacial score (nSPS) is 14.5.